The Morgan fingerprint density at radius 3 is 2.32 bits per heavy atom. The maximum atomic E-state index is 12.3. The minimum atomic E-state index is -1.52. The molecule has 2 rings (SSSR count). The van der Waals surface area contributed by atoms with E-state index >= 15 is 0 Å². The maximum Gasteiger partial charge on any atom is 0.333 e. The SMILES string of the molecule is Cc1ccc(C(C)(NC(=O)c2cccc(Cl)c2)C(=O)O)cc1. The van der Waals surface area contributed by atoms with Crippen LogP contribution in [0.3, 0.4) is 0 Å². The average molecular weight is 318 g/mol. The van der Waals surface area contributed by atoms with Crippen LogP contribution in [0.5, 0.6) is 0 Å². The number of carbonyl (C=O) groups is 2. The van der Waals surface area contributed by atoms with Crippen molar-refractivity contribution in [1.29, 1.82) is 0 Å². The number of hydrogen-bond acceptors (Lipinski definition) is 2. The Labute approximate surface area is 133 Å². The van der Waals surface area contributed by atoms with E-state index in [1.54, 1.807) is 30.3 Å². The van der Waals surface area contributed by atoms with Gasteiger partial charge in [0.2, 0.25) is 0 Å². The summed E-state index contributed by atoms with van der Waals surface area (Å²) in [6.07, 6.45) is 0. The number of carboxylic acids is 1. The van der Waals surface area contributed by atoms with Gasteiger partial charge in [0.1, 0.15) is 0 Å². The minimum Gasteiger partial charge on any atom is -0.479 e. The van der Waals surface area contributed by atoms with Gasteiger partial charge in [0, 0.05) is 10.6 Å². The Bertz CT molecular complexity index is 712. The monoisotopic (exact) mass is 317 g/mol. The highest BCUT2D eigenvalue weighted by Crippen LogP contribution is 2.23. The predicted molar refractivity (Wildman–Crippen MR) is 85.1 cm³/mol. The average Bonchev–Trinajstić information content (AvgIpc) is 2.47. The van der Waals surface area contributed by atoms with E-state index < -0.39 is 17.4 Å². The van der Waals surface area contributed by atoms with Gasteiger partial charge in [-0.3, -0.25) is 4.79 Å². The fourth-order valence-electron chi connectivity index (χ4n) is 2.06. The fraction of sp³-hybridized carbons (Fsp3) is 0.176. The second-order valence-corrected chi connectivity index (χ2v) is 5.70. The summed E-state index contributed by atoms with van der Waals surface area (Å²) in [5.41, 5.74) is 0.304. The summed E-state index contributed by atoms with van der Waals surface area (Å²) >= 11 is 5.86. The molecule has 0 aliphatic heterocycles. The first-order chi connectivity index (χ1) is 10.3. The lowest BCUT2D eigenvalue weighted by atomic mass is 9.91. The van der Waals surface area contributed by atoms with Crippen LogP contribution in [-0.2, 0) is 10.3 Å². The van der Waals surface area contributed by atoms with E-state index in [1.807, 2.05) is 19.1 Å². The smallest absolute Gasteiger partial charge is 0.333 e. The van der Waals surface area contributed by atoms with E-state index in [0.29, 0.717) is 16.1 Å². The molecule has 1 amide bonds. The summed E-state index contributed by atoms with van der Waals surface area (Å²) < 4.78 is 0. The number of halogens is 1. The number of nitrogens with one attached hydrogen (secondary N) is 1. The second-order valence-electron chi connectivity index (χ2n) is 5.26. The van der Waals surface area contributed by atoms with Crippen molar-refractivity contribution in [2.75, 3.05) is 0 Å². The zero-order valence-corrected chi connectivity index (χ0v) is 13.0. The Kier molecular flexibility index (Phi) is 4.52. The Balaban J connectivity index is 2.34. The van der Waals surface area contributed by atoms with Crippen LogP contribution >= 0.6 is 11.6 Å². The molecule has 0 bridgehead atoms. The summed E-state index contributed by atoms with van der Waals surface area (Å²) in [5, 5.41) is 12.6. The van der Waals surface area contributed by atoms with Crippen LogP contribution in [-0.4, -0.2) is 17.0 Å². The number of aliphatic carboxylic acids is 1. The van der Waals surface area contributed by atoms with Crippen molar-refractivity contribution in [3.8, 4) is 0 Å². The van der Waals surface area contributed by atoms with E-state index in [9.17, 15) is 14.7 Å². The van der Waals surface area contributed by atoms with E-state index in [2.05, 4.69) is 5.32 Å². The zero-order valence-electron chi connectivity index (χ0n) is 12.3. The largest absolute Gasteiger partial charge is 0.479 e. The van der Waals surface area contributed by atoms with Crippen molar-refractivity contribution < 1.29 is 14.7 Å². The fourth-order valence-corrected chi connectivity index (χ4v) is 2.26. The van der Waals surface area contributed by atoms with Gasteiger partial charge >= 0.3 is 5.97 Å². The summed E-state index contributed by atoms with van der Waals surface area (Å²) in [5.74, 6) is -1.63. The third-order valence-electron chi connectivity index (χ3n) is 3.51. The van der Waals surface area contributed by atoms with Gasteiger partial charge in [-0.15, -0.1) is 0 Å². The molecule has 114 valence electrons. The molecule has 1 unspecified atom stereocenters. The van der Waals surface area contributed by atoms with Crippen molar-refractivity contribution in [3.05, 3.63) is 70.2 Å². The summed E-state index contributed by atoms with van der Waals surface area (Å²) in [6, 6.07) is 13.4. The van der Waals surface area contributed by atoms with Crippen LogP contribution in [0, 0.1) is 6.92 Å². The number of rotatable bonds is 4. The van der Waals surface area contributed by atoms with Gasteiger partial charge in [0.25, 0.3) is 5.91 Å². The minimum absolute atomic E-state index is 0.312. The van der Waals surface area contributed by atoms with Crippen LogP contribution in [0.2, 0.25) is 5.02 Å². The Morgan fingerprint density at radius 1 is 1.14 bits per heavy atom. The van der Waals surface area contributed by atoms with E-state index in [-0.39, 0.29) is 0 Å². The molecule has 0 aliphatic carbocycles. The number of hydrogen-bond donors (Lipinski definition) is 2. The first kappa shape index (κ1) is 16.0. The standard InChI is InChI=1S/C17H16ClNO3/c1-11-6-8-13(9-7-11)17(2,16(21)22)19-15(20)12-4-3-5-14(18)10-12/h3-10H,1-2H3,(H,19,20)(H,21,22). The zero-order chi connectivity index (χ0) is 16.3. The second kappa shape index (κ2) is 6.20. The number of amides is 1. The summed E-state index contributed by atoms with van der Waals surface area (Å²) in [7, 11) is 0. The highest BCUT2D eigenvalue weighted by molar-refractivity contribution is 6.31. The number of benzene rings is 2. The van der Waals surface area contributed by atoms with Crippen molar-refractivity contribution in [2.45, 2.75) is 19.4 Å². The van der Waals surface area contributed by atoms with Crippen LogP contribution in [0.15, 0.2) is 48.5 Å². The lowest BCUT2D eigenvalue weighted by Crippen LogP contribution is -2.49. The van der Waals surface area contributed by atoms with Gasteiger partial charge in [-0.2, -0.15) is 0 Å². The molecule has 4 nitrogen and oxygen atoms in total. The molecule has 2 aromatic carbocycles. The topological polar surface area (TPSA) is 66.4 Å². The quantitative estimate of drug-likeness (QED) is 0.908. The van der Waals surface area contributed by atoms with Crippen LogP contribution in [0.25, 0.3) is 0 Å². The van der Waals surface area contributed by atoms with Crippen molar-refractivity contribution in [2.24, 2.45) is 0 Å². The molecule has 0 aromatic heterocycles. The summed E-state index contributed by atoms with van der Waals surface area (Å²) in [6.45, 7) is 3.37. The highest BCUT2D eigenvalue weighted by atomic mass is 35.5. The molecule has 0 spiro atoms. The molecule has 5 heteroatoms. The number of aryl methyl sites for hydroxylation is 1. The van der Waals surface area contributed by atoms with Crippen LogP contribution in [0.4, 0.5) is 0 Å². The van der Waals surface area contributed by atoms with Crippen LogP contribution in [0.1, 0.15) is 28.4 Å². The molecular weight excluding hydrogens is 302 g/mol. The molecular formula is C17H16ClNO3. The molecule has 0 saturated carbocycles. The van der Waals surface area contributed by atoms with Gasteiger partial charge in [-0.1, -0.05) is 47.5 Å². The normalized spacial score (nSPS) is 13.2. The summed E-state index contributed by atoms with van der Waals surface area (Å²) in [4.78, 5) is 24.0. The molecule has 1 atom stereocenters. The molecule has 0 saturated heterocycles. The lowest BCUT2D eigenvalue weighted by molar-refractivity contribution is -0.144. The van der Waals surface area contributed by atoms with Gasteiger partial charge in [-0.25, -0.2) is 4.79 Å². The van der Waals surface area contributed by atoms with E-state index in [1.165, 1.54) is 13.0 Å². The predicted octanol–water partition coefficient (Wildman–Crippen LogP) is 3.38. The van der Waals surface area contributed by atoms with E-state index in [0.717, 1.165) is 5.56 Å². The van der Waals surface area contributed by atoms with E-state index in [4.69, 9.17) is 11.6 Å². The molecule has 0 aliphatic rings. The van der Waals surface area contributed by atoms with Crippen molar-refractivity contribution in [3.63, 3.8) is 0 Å². The van der Waals surface area contributed by atoms with Gasteiger partial charge < -0.3 is 10.4 Å². The molecule has 2 N–H and O–H groups in total. The molecule has 0 fully saturated rings. The maximum absolute atomic E-state index is 12.3. The number of carbonyl (C=O) groups excluding carboxylic acids is 1. The van der Waals surface area contributed by atoms with Crippen molar-refractivity contribution in [1.82, 2.24) is 5.32 Å². The Morgan fingerprint density at radius 2 is 1.77 bits per heavy atom. The lowest BCUT2D eigenvalue weighted by Gasteiger charge is -2.27. The molecule has 0 heterocycles. The van der Waals surface area contributed by atoms with Gasteiger partial charge in [0.05, 0.1) is 0 Å². The number of carboxylic acid groups (broad SMARTS) is 1. The van der Waals surface area contributed by atoms with Gasteiger partial charge in [-0.05, 0) is 37.6 Å². The van der Waals surface area contributed by atoms with Crippen molar-refractivity contribution >= 4 is 23.5 Å². The highest BCUT2D eigenvalue weighted by Gasteiger charge is 2.37. The molecule has 22 heavy (non-hydrogen) atoms. The third kappa shape index (κ3) is 3.28. The first-order valence-electron chi connectivity index (χ1n) is 6.71. The first-order valence-corrected chi connectivity index (χ1v) is 7.09. The molecule has 0 radical (unpaired) electrons. The third-order valence-corrected chi connectivity index (χ3v) is 3.74. The van der Waals surface area contributed by atoms with Crippen LogP contribution < -0.4 is 5.32 Å². The Hall–Kier alpha value is -2.33. The van der Waals surface area contributed by atoms with Gasteiger partial charge in [0.15, 0.2) is 5.54 Å². The molecule has 2 aromatic rings.